The maximum absolute atomic E-state index is 12.3. The monoisotopic (exact) mass is 424 g/mol. The quantitative estimate of drug-likeness (QED) is 0.662. The third-order valence-electron chi connectivity index (χ3n) is 4.90. The van der Waals surface area contributed by atoms with E-state index >= 15 is 0 Å². The van der Waals surface area contributed by atoms with Crippen molar-refractivity contribution < 1.29 is 9.59 Å². The Balaban J connectivity index is 0.00000196. The molecule has 2 amide bonds. The Labute approximate surface area is 177 Å². The number of aromatic nitrogens is 1. The molecule has 1 saturated carbocycles. The fourth-order valence-electron chi connectivity index (χ4n) is 3.40. The molecule has 0 saturated heterocycles. The highest BCUT2D eigenvalue weighted by Crippen LogP contribution is 2.30. The number of nitrogens with one attached hydrogen (secondary N) is 2. The molecule has 152 valence electrons. The van der Waals surface area contributed by atoms with Gasteiger partial charge in [-0.3, -0.25) is 14.6 Å². The number of hydrogen-bond donors (Lipinski definition) is 3. The van der Waals surface area contributed by atoms with Gasteiger partial charge in [-0.15, -0.1) is 24.8 Å². The van der Waals surface area contributed by atoms with E-state index in [1.165, 1.54) is 0 Å². The maximum atomic E-state index is 12.3. The second-order valence-electron chi connectivity index (χ2n) is 6.64. The van der Waals surface area contributed by atoms with E-state index in [0.29, 0.717) is 30.3 Å². The van der Waals surface area contributed by atoms with Crippen LogP contribution in [0.5, 0.6) is 0 Å². The number of anilines is 1. The standard InChI is InChI=1S/C20H24N4O2.2ClH/c21-11-16-3-1-5-18(16)20(26)23-12-14-6-8-15(9-7-14)19(25)24-17-4-2-10-22-13-17;;/h2,4,6-10,13,16,18H,1,3,5,11-12,21H2,(H,23,26)(H,24,25);2*1H/t16-,18-;;/m1../s1. The van der Waals surface area contributed by atoms with Crippen LogP contribution < -0.4 is 16.4 Å². The highest BCUT2D eigenvalue weighted by atomic mass is 35.5. The zero-order valence-electron chi connectivity index (χ0n) is 15.5. The molecular weight excluding hydrogens is 399 g/mol. The van der Waals surface area contributed by atoms with Crippen LogP contribution in [0.4, 0.5) is 5.69 Å². The minimum atomic E-state index is -0.190. The zero-order valence-corrected chi connectivity index (χ0v) is 17.1. The predicted molar refractivity (Wildman–Crippen MR) is 115 cm³/mol. The van der Waals surface area contributed by atoms with Gasteiger partial charge in [0.05, 0.1) is 11.9 Å². The summed E-state index contributed by atoms with van der Waals surface area (Å²) in [5.41, 5.74) is 7.92. The van der Waals surface area contributed by atoms with Crippen molar-refractivity contribution in [1.29, 1.82) is 0 Å². The van der Waals surface area contributed by atoms with Crippen LogP contribution in [0.3, 0.4) is 0 Å². The lowest BCUT2D eigenvalue weighted by Gasteiger charge is -2.17. The molecule has 0 spiro atoms. The van der Waals surface area contributed by atoms with Gasteiger partial charge in [0.2, 0.25) is 5.91 Å². The molecule has 2 aromatic rings. The number of nitrogens with zero attached hydrogens (tertiary/aromatic N) is 1. The lowest BCUT2D eigenvalue weighted by molar-refractivity contribution is -0.126. The second-order valence-corrected chi connectivity index (χ2v) is 6.64. The third-order valence-corrected chi connectivity index (χ3v) is 4.90. The number of amides is 2. The van der Waals surface area contributed by atoms with Gasteiger partial charge < -0.3 is 16.4 Å². The summed E-state index contributed by atoms with van der Waals surface area (Å²) >= 11 is 0. The van der Waals surface area contributed by atoms with Gasteiger partial charge in [-0.1, -0.05) is 18.6 Å². The molecule has 8 heteroatoms. The molecule has 0 unspecified atom stereocenters. The van der Waals surface area contributed by atoms with E-state index in [-0.39, 0.29) is 42.5 Å². The van der Waals surface area contributed by atoms with Gasteiger partial charge in [0.15, 0.2) is 0 Å². The Morgan fingerprint density at radius 2 is 1.86 bits per heavy atom. The Bertz CT molecular complexity index is 757. The lowest BCUT2D eigenvalue weighted by Crippen LogP contribution is -2.34. The number of benzene rings is 1. The highest BCUT2D eigenvalue weighted by molar-refractivity contribution is 6.04. The van der Waals surface area contributed by atoms with Crippen molar-refractivity contribution in [2.45, 2.75) is 25.8 Å². The SMILES string of the molecule is Cl.Cl.NC[C@H]1CCC[C@H]1C(=O)NCc1ccc(C(=O)Nc2cccnc2)cc1. The number of nitrogens with two attached hydrogens (primary N) is 1. The van der Waals surface area contributed by atoms with E-state index in [9.17, 15) is 9.59 Å². The maximum Gasteiger partial charge on any atom is 0.255 e. The molecule has 1 aliphatic carbocycles. The Kier molecular flexibility index (Phi) is 9.93. The summed E-state index contributed by atoms with van der Waals surface area (Å²) in [7, 11) is 0. The van der Waals surface area contributed by atoms with Crippen LogP contribution in [0.2, 0.25) is 0 Å². The summed E-state index contributed by atoms with van der Waals surface area (Å²) in [6, 6.07) is 10.8. The van der Waals surface area contributed by atoms with E-state index in [2.05, 4.69) is 15.6 Å². The molecular formula is C20H26Cl2N4O2. The fraction of sp³-hybridized carbons (Fsp3) is 0.350. The zero-order chi connectivity index (χ0) is 18.4. The molecule has 1 aliphatic rings. The Morgan fingerprint density at radius 1 is 1.11 bits per heavy atom. The number of halogens is 2. The van der Waals surface area contributed by atoms with Crippen molar-refractivity contribution >= 4 is 42.3 Å². The van der Waals surface area contributed by atoms with Gasteiger partial charge in [0.1, 0.15) is 0 Å². The Hall–Kier alpha value is -2.15. The number of rotatable bonds is 6. The van der Waals surface area contributed by atoms with Gasteiger partial charge >= 0.3 is 0 Å². The first kappa shape index (κ1) is 23.9. The van der Waals surface area contributed by atoms with Crippen LogP contribution in [0.25, 0.3) is 0 Å². The summed E-state index contributed by atoms with van der Waals surface area (Å²) in [5, 5.41) is 5.78. The largest absolute Gasteiger partial charge is 0.352 e. The van der Waals surface area contributed by atoms with Crippen molar-refractivity contribution in [2.75, 3.05) is 11.9 Å². The number of pyridine rings is 1. The first-order chi connectivity index (χ1) is 12.7. The molecule has 3 rings (SSSR count). The van der Waals surface area contributed by atoms with Gasteiger partial charge in [-0.2, -0.15) is 0 Å². The molecule has 28 heavy (non-hydrogen) atoms. The van der Waals surface area contributed by atoms with Crippen LogP contribution in [0.15, 0.2) is 48.8 Å². The molecule has 1 fully saturated rings. The van der Waals surface area contributed by atoms with Gasteiger partial charge in [0.25, 0.3) is 5.91 Å². The Morgan fingerprint density at radius 3 is 2.50 bits per heavy atom. The van der Waals surface area contributed by atoms with Gasteiger partial charge in [0, 0.05) is 24.2 Å². The van der Waals surface area contributed by atoms with Crippen LogP contribution in [-0.2, 0) is 11.3 Å². The van der Waals surface area contributed by atoms with Crippen molar-refractivity contribution in [3.8, 4) is 0 Å². The van der Waals surface area contributed by atoms with E-state index in [1.807, 2.05) is 12.1 Å². The van der Waals surface area contributed by atoms with Crippen molar-refractivity contribution in [3.05, 3.63) is 59.9 Å². The van der Waals surface area contributed by atoms with E-state index in [1.54, 1.807) is 36.7 Å². The van der Waals surface area contributed by atoms with E-state index < -0.39 is 0 Å². The fourth-order valence-corrected chi connectivity index (χ4v) is 3.40. The molecule has 2 atom stereocenters. The van der Waals surface area contributed by atoms with Crippen LogP contribution in [0.1, 0.15) is 35.2 Å². The first-order valence-corrected chi connectivity index (χ1v) is 8.95. The summed E-state index contributed by atoms with van der Waals surface area (Å²) in [4.78, 5) is 28.5. The average molecular weight is 425 g/mol. The van der Waals surface area contributed by atoms with E-state index in [4.69, 9.17) is 5.73 Å². The molecule has 1 aromatic heterocycles. The molecule has 1 heterocycles. The molecule has 6 nitrogen and oxygen atoms in total. The molecule has 0 radical (unpaired) electrons. The minimum absolute atomic E-state index is 0. The molecule has 4 N–H and O–H groups in total. The highest BCUT2D eigenvalue weighted by Gasteiger charge is 2.31. The number of carbonyl (C=O) groups excluding carboxylic acids is 2. The molecule has 1 aromatic carbocycles. The smallest absolute Gasteiger partial charge is 0.255 e. The average Bonchev–Trinajstić information content (AvgIpc) is 3.16. The second kappa shape index (κ2) is 11.6. The summed E-state index contributed by atoms with van der Waals surface area (Å²) in [5.74, 6) is 0.222. The third kappa shape index (κ3) is 6.19. The predicted octanol–water partition coefficient (Wildman–Crippen LogP) is 3.17. The van der Waals surface area contributed by atoms with Crippen molar-refractivity contribution in [1.82, 2.24) is 10.3 Å². The number of hydrogen-bond acceptors (Lipinski definition) is 4. The normalized spacial score (nSPS) is 17.8. The van der Waals surface area contributed by atoms with Crippen molar-refractivity contribution in [2.24, 2.45) is 17.6 Å². The van der Waals surface area contributed by atoms with Crippen LogP contribution in [0, 0.1) is 11.8 Å². The molecule has 0 aliphatic heterocycles. The van der Waals surface area contributed by atoms with Crippen LogP contribution >= 0.6 is 24.8 Å². The van der Waals surface area contributed by atoms with E-state index in [0.717, 1.165) is 24.8 Å². The number of carbonyl (C=O) groups is 2. The minimum Gasteiger partial charge on any atom is -0.352 e. The first-order valence-electron chi connectivity index (χ1n) is 8.95. The van der Waals surface area contributed by atoms with Crippen molar-refractivity contribution in [3.63, 3.8) is 0 Å². The lowest BCUT2D eigenvalue weighted by atomic mass is 9.95. The summed E-state index contributed by atoms with van der Waals surface area (Å²) in [6.07, 6.45) is 6.27. The molecule has 0 bridgehead atoms. The summed E-state index contributed by atoms with van der Waals surface area (Å²) in [6.45, 7) is 1.02. The summed E-state index contributed by atoms with van der Waals surface area (Å²) < 4.78 is 0. The topological polar surface area (TPSA) is 97.1 Å². The van der Waals surface area contributed by atoms with Crippen LogP contribution in [-0.4, -0.2) is 23.3 Å². The van der Waals surface area contributed by atoms with Gasteiger partial charge in [-0.05, 0) is 55.1 Å². The van der Waals surface area contributed by atoms with Gasteiger partial charge in [-0.25, -0.2) is 0 Å².